The largest absolute Gasteiger partial charge is 0.490 e. The smallest absolute Gasteiger partial charge is 0.341 e. The molecule has 2 aromatic rings. The van der Waals surface area contributed by atoms with Crippen LogP contribution in [0.25, 0.3) is 11.6 Å². The van der Waals surface area contributed by atoms with Gasteiger partial charge in [-0.2, -0.15) is 5.26 Å². The Bertz CT molecular complexity index is 872. The fraction of sp³-hybridized carbons (Fsp3) is 0.158. The number of nitrogens with zero attached hydrogens (tertiary/aromatic N) is 1. The van der Waals surface area contributed by atoms with Crippen LogP contribution in [-0.4, -0.2) is 24.3 Å². The SMILES string of the molecule is CCOc1cc(/C=C(\C#N)c2ccc(Cl)cc2)cc(Br)c1OCC(=O)O. The molecule has 5 nitrogen and oxygen atoms in total. The molecule has 0 aliphatic rings. The van der Waals surface area contributed by atoms with E-state index in [2.05, 4.69) is 22.0 Å². The van der Waals surface area contributed by atoms with E-state index in [4.69, 9.17) is 26.2 Å². The predicted octanol–water partition coefficient (Wildman–Crippen LogP) is 5.03. The van der Waals surface area contributed by atoms with Gasteiger partial charge in [-0.1, -0.05) is 23.7 Å². The van der Waals surface area contributed by atoms with Crippen LogP contribution in [0, 0.1) is 11.3 Å². The average molecular weight is 437 g/mol. The average Bonchev–Trinajstić information content (AvgIpc) is 2.60. The highest BCUT2D eigenvalue weighted by Gasteiger charge is 2.14. The van der Waals surface area contributed by atoms with Crippen LogP contribution in [0.5, 0.6) is 11.5 Å². The molecule has 0 heterocycles. The van der Waals surface area contributed by atoms with Gasteiger partial charge in [-0.05, 0) is 64.3 Å². The number of carbonyl (C=O) groups is 1. The van der Waals surface area contributed by atoms with E-state index in [0.717, 1.165) is 5.56 Å². The van der Waals surface area contributed by atoms with Crippen molar-refractivity contribution in [3.8, 4) is 17.6 Å². The third kappa shape index (κ3) is 5.25. The molecule has 0 bridgehead atoms. The fourth-order valence-electron chi connectivity index (χ4n) is 2.18. The van der Waals surface area contributed by atoms with Gasteiger partial charge in [-0.3, -0.25) is 0 Å². The molecule has 134 valence electrons. The van der Waals surface area contributed by atoms with E-state index in [1.807, 2.05) is 6.92 Å². The van der Waals surface area contributed by atoms with Gasteiger partial charge in [-0.15, -0.1) is 0 Å². The van der Waals surface area contributed by atoms with Gasteiger partial charge in [0.15, 0.2) is 18.1 Å². The van der Waals surface area contributed by atoms with Crippen molar-refractivity contribution in [1.29, 1.82) is 5.26 Å². The van der Waals surface area contributed by atoms with Gasteiger partial charge in [0.2, 0.25) is 0 Å². The first-order valence-electron chi connectivity index (χ1n) is 7.63. The molecule has 1 N–H and O–H groups in total. The summed E-state index contributed by atoms with van der Waals surface area (Å²) in [5.74, 6) is -0.392. The number of nitriles is 1. The Labute approximate surface area is 164 Å². The monoisotopic (exact) mass is 435 g/mol. The van der Waals surface area contributed by atoms with Crippen molar-refractivity contribution in [2.75, 3.05) is 13.2 Å². The second kappa shape index (κ2) is 9.27. The molecule has 0 atom stereocenters. The van der Waals surface area contributed by atoms with Crippen molar-refractivity contribution < 1.29 is 19.4 Å². The van der Waals surface area contributed by atoms with Crippen LogP contribution in [0.2, 0.25) is 5.02 Å². The van der Waals surface area contributed by atoms with E-state index in [1.165, 1.54) is 0 Å². The molecule has 2 aromatic carbocycles. The lowest BCUT2D eigenvalue weighted by atomic mass is 10.0. The molecule has 26 heavy (non-hydrogen) atoms. The molecular weight excluding hydrogens is 422 g/mol. The maximum atomic E-state index is 10.7. The summed E-state index contributed by atoms with van der Waals surface area (Å²) in [4.78, 5) is 10.7. The lowest BCUT2D eigenvalue weighted by molar-refractivity contribution is -0.139. The number of aliphatic carboxylic acids is 1. The molecular formula is C19H15BrClNO4. The first kappa shape index (κ1) is 19.8. The van der Waals surface area contributed by atoms with Crippen LogP contribution in [0.15, 0.2) is 40.9 Å². The summed E-state index contributed by atoms with van der Waals surface area (Å²) in [6.45, 7) is 1.71. The van der Waals surface area contributed by atoms with Crippen molar-refractivity contribution in [1.82, 2.24) is 0 Å². The van der Waals surface area contributed by atoms with Crippen LogP contribution in [0.4, 0.5) is 0 Å². The zero-order valence-corrected chi connectivity index (χ0v) is 16.2. The summed E-state index contributed by atoms with van der Waals surface area (Å²) in [5, 5.41) is 18.9. The highest BCUT2D eigenvalue weighted by atomic mass is 79.9. The molecule has 0 aliphatic carbocycles. The van der Waals surface area contributed by atoms with E-state index < -0.39 is 12.6 Å². The van der Waals surface area contributed by atoms with Gasteiger partial charge < -0.3 is 14.6 Å². The number of carboxylic acids is 1. The molecule has 0 fully saturated rings. The second-order valence-corrected chi connectivity index (χ2v) is 6.41. The molecule has 0 saturated heterocycles. The number of allylic oxidation sites excluding steroid dienone is 1. The number of rotatable bonds is 7. The van der Waals surface area contributed by atoms with Gasteiger partial charge in [0.25, 0.3) is 0 Å². The highest BCUT2D eigenvalue weighted by molar-refractivity contribution is 9.10. The molecule has 2 rings (SSSR count). The topological polar surface area (TPSA) is 79.5 Å². The van der Waals surface area contributed by atoms with Crippen molar-refractivity contribution in [2.45, 2.75) is 6.92 Å². The van der Waals surface area contributed by atoms with E-state index >= 15 is 0 Å². The molecule has 0 spiro atoms. The number of carboxylic acid groups (broad SMARTS) is 1. The Balaban J connectivity index is 2.43. The maximum Gasteiger partial charge on any atom is 0.341 e. The summed E-state index contributed by atoms with van der Waals surface area (Å²) < 4.78 is 11.4. The van der Waals surface area contributed by atoms with Gasteiger partial charge in [0.1, 0.15) is 0 Å². The molecule has 7 heteroatoms. The molecule has 0 saturated carbocycles. The first-order chi connectivity index (χ1) is 12.4. The lowest BCUT2D eigenvalue weighted by Gasteiger charge is -2.13. The Hall–Kier alpha value is -2.49. The van der Waals surface area contributed by atoms with Gasteiger partial charge in [0.05, 0.1) is 22.7 Å². The Morgan fingerprint density at radius 3 is 2.58 bits per heavy atom. The standard InChI is InChI=1S/C19H15BrClNO4/c1-2-25-17-9-12(8-16(20)19(17)26-11-18(23)24)7-14(10-22)13-3-5-15(21)6-4-13/h3-9H,2,11H2,1H3,(H,23,24)/b14-7+. The van der Waals surface area contributed by atoms with Gasteiger partial charge >= 0.3 is 5.97 Å². The van der Waals surface area contributed by atoms with Crippen LogP contribution < -0.4 is 9.47 Å². The van der Waals surface area contributed by atoms with Crippen LogP contribution in [0.3, 0.4) is 0 Å². The Morgan fingerprint density at radius 2 is 2.00 bits per heavy atom. The number of hydrogen-bond donors (Lipinski definition) is 1. The molecule has 0 aliphatic heterocycles. The predicted molar refractivity (Wildman–Crippen MR) is 103 cm³/mol. The van der Waals surface area contributed by atoms with Crippen molar-refractivity contribution >= 4 is 45.1 Å². The van der Waals surface area contributed by atoms with Crippen LogP contribution in [-0.2, 0) is 4.79 Å². The summed E-state index contributed by atoms with van der Waals surface area (Å²) in [6, 6.07) is 12.5. The van der Waals surface area contributed by atoms with Crippen molar-refractivity contribution in [2.24, 2.45) is 0 Å². The number of ether oxygens (including phenoxy) is 2. The van der Waals surface area contributed by atoms with Crippen LogP contribution >= 0.6 is 27.5 Å². The minimum atomic E-state index is -1.09. The maximum absolute atomic E-state index is 10.7. The normalized spacial score (nSPS) is 10.9. The van der Waals surface area contributed by atoms with Crippen molar-refractivity contribution in [3.05, 3.63) is 57.0 Å². The minimum Gasteiger partial charge on any atom is -0.490 e. The summed E-state index contributed by atoms with van der Waals surface area (Å²) in [6.07, 6.45) is 1.71. The van der Waals surface area contributed by atoms with Gasteiger partial charge in [-0.25, -0.2) is 4.79 Å². The number of hydrogen-bond acceptors (Lipinski definition) is 4. The zero-order chi connectivity index (χ0) is 19.1. The fourth-order valence-corrected chi connectivity index (χ4v) is 2.88. The third-order valence-corrected chi connectivity index (χ3v) is 4.10. The van der Waals surface area contributed by atoms with Crippen LogP contribution in [0.1, 0.15) is 18.1 Å². The third-order valence-electron chi connectivity index (χ3n) is 3.26. The lowest BCUT2D eigenvalue weighted by Crippen LogP contribution is -2.10. The van der Waals surface area contributed by atoms with Gasteiger partial charge in [0, 0.05) is 5.02 Å². The minimum absolute atomic E-state index is 0.302. The Kier molecular flexibility index (Phi) is 7.07. The summed E-state index contributed by atoms with van der Waals surface area (Å²) in [7, 11) is 0. The quantitative estimate of drug-likeness (QED) is 0.486. The molecule has 0 aromatic heterocycles. The van der Waals surface area contributed by atoms with E-state index in [0.29, 0.717) is 38.7 Å². The van der Waals surface area contributed by atoms with Crippen molar-refractivity contribution in [3.63, 3.8) is 0 Å². The highest BCUT2D eigenvalue weighted by Crippen LogP contribution is 2.38. The summed E-state index contributed by atoms with van der Waals surface area (Å²) >= 11 is 9.25. The summed E-state index contributed by atoms with van der Waals surface area (Å²) in [5.41, 5.74) is 1.89. The van der Waals surface area contributed by atoms with E-state index in [-0.39, 0.29) is 0 Å². The number of halogens is 2. The number of benzene rings is 2. The van der Waals surface area contributed by atoms with E-state index in [1.54, 1.807) is 42.5 Å². The molecule has 0 amide bonds. The first-order valence-corrected chi connectivity index (χ1v) is 8.80. The Morgan fingerprint density at radius 1 is 1.31 bits per heavy atom. The molecule has 0 radical (unpaired) electrons. The van der Waals surface area contributed by atoms with E-state index in [9.17, 15) is 10.1 Å². The zero-order valence-electron chi connectivity index (χ0n) is 13.8. The second-order valence-electron chi connectivity index (χ2n) is 5.12. The molecule has 0 unspecified atom stereocenters.